The second-order valence-corrected chi connectivity index (χ2v) is 4.73. The normalized spacial score (nSPS) is 12.1. The highest BCUT2D eigenvalue weighted by Gasteiger charge is 2.24. The van der Waals surface area contributed by atoms with Gasteiger partial charge in [-0.1, -0.05) is 30.3 Å². The van der Waals surface area contributed by atoms with Gasteiger partial charge < -0.3 is 10.2 Å². The number of hydrogen-bond acceptors (Lipinski definition) is 2. The molecule has 19 heavy (non-hydrogen) atoms. The number of carboxylic acids is 1. The lowest BCUT2D eigenvalue weighted by atomic mass is 9.94. The second-order valence-electron chi connectivity index (χ2n) is 4.73. The van der Waals surface area contributed by atoms with Crippen molar-refractivity contribution in [2.24, 2.45) is 0 Å². The molecule has 96 valence electrons. The first-order chi connectivity index (χ1) is 9.22. The first-order valence-electron chi connectivity index (χ1n) is 6.29. The van der Waals surface area contributed by atoms with Crippen LogP contribution in [0.5, 0.6) is 0 Å². The zero-order valence-corrected chi connectivity index (χ0v) is 10.4. The lowest BCUT2D eigenvalue weighted by Gasteiger charge is -2.11. The molecule has 2 aromatic rings. The quantitative estimate of drug-likeness (QED) is 0.755. The summed E-state index contributed by atoms with van der Waals surface area (Å²) in [7, 11) is 0. The molecule has 2 N–H and O–H groups in total. The molecule has 1 aliphatic carbocycles. The van der Waals surface area contributed by atoms with Crippen LogP contribution in [0.15, 0.2) is 36.4 Å². The third-order valence-corrected chi connectivity index (χ3v) is 3.70. The fourth-order valence-corrected chi connectivity index (χ4v) is 2.87. The largest absolute Gasteiger partial charge is 0.478 e. The van der Waals surface area contributed by atoms with Gasteiger partial charge in [0.1, 0.15) is 0 Å². The zero-order chi connectivity index (χ0) is 13.4. The maximum Gasteiger partial charge on any atom is 0.335 e. The van der Waals surface area contributed by atoms with Gasteiger partial charge in [0.15, 0.2) is 0 Å². The molecule has 0 saturated carbocycles. The fourth-order valence-electron chi connectivity index (χ4n) is 2.87. The van der Waals surface area contributed by atoms with Gasteiger partial charge in [0.25, 0.3) is 0 Å². The van der Waals surface area contributed by atoms with Crippen molar-refractivity contribution < 1.29 is 15.0 Å². The standard InChI is InChI=1S/C16H14O3/c17-8-7-13-14(16(18)19)6-5-12-11-4-2-1-3-10(11)9-15(12)13/h1-6,17H,7-9H2,(H,18,19). The summed E-state index contributed by atoms with van der Waals surface area (Å²) >= 11 is 0. The van der Waals surface area contributed by atoms with Crippen LogP contribution in [0.2, 0.25) is 0 Å². The van der Waals surface area contributed by atoms with E-state index in [1.807, 2.05) is 18.2 Å². The number of aliphatic hydroxyl groups is 1. The Hall–Kier alpha value is -2.13. The van der Waals surface area contributed by atoms with Crippen molar-refractivity contribution in [2.45, 2.75) is 12.8 Å². The maximum atomic E-state index is 11.3. The van der Waals surface area contributed by atoms with Gasteiger partial charge in [0.05, 0.1) is 5.56 Å². The molecular formula is C16H14O3. The van der Waals surface area contributed by atoms with Crippen LogP contribution >= 0.6 is 0 Å². The molecule has 3 nitrogen and oxygen atoms in total. The Morgan fingerprint density at radius 1 is 1.11 bits per heavy atom. The van der Waals surface area contributed by atoms with Crippen molar-refractivity contribution >= 4 is 5.97 Å². The summed E-state index contributed by atoms with van der Waals surface area (Å²) in [6.07, 6.45) is 1.14. The average molecular weight is 254 g/mol. The molecule has 0 aromatic heterocycles. The molecule has 0 unspecified atom stereocenters. The molecule has 2 aromatic carbocycles. The Labute approximate surface area is 111 Å². The molecule has 0 spiro atoms. The first kappa shape index (κ1) is 11.9. The second kappa shape index (κ2) is 4.52. The molecule has 0 radical (unpaired) electrons. The third-order valence-electron chi connectivity index (χ3n) is 3.70. The van der Waals surface area contributed by atoms with Gasteiger partial charge in [0.2, 0.25) is 0 Å². The van der Waals surface area contributed by atoms with Crippen LogP contribution in [0.3, 0.4) is 0 Å². The Morgan fingerprint density at radius 3 is 2.63 bits per heavy atom. The molecule has 0 saturated heterocycles. The van der Waals surface area contributed by atoms with Crippen LogP contribution in [0.1, 0.15) is 27.0 Å². The molecule has 0 bridgehead atoms. The topological polar surface area (TPSA) is 57.5 Å². The lowest BCUT2D eigenvalue weighted by molar-refractivity contribution is 0.0695. The van der Waals surface area contributed by atoms with E-state index in [1.54, 1.807) is 6.07 Å². The van der Waals surface area contributed by atoms with E-state index < -0.39 is 5.97 Å². The summed E-state index contributed by atoms with van der Waals surface area (Å²) in [5, 5.41) is 18.4. The molecule has 0 aliphatic heterocycles. The highest BCUT2D eigenvalue weighted by molar-refractivity contribution is 5.92. The van der Waals surface area contributed by atoms with Crippen LogP contribution in [0, 0.1) is 0 Å². The van der Waals surface area contributed by atoms with Gasteiger partial charge in [-0.3, -0.25) is 0 Å². The van der Waals surface area contributed by atoms with Crippen molar-refractivity contribution in [3.8, 4) is 11.1 Å². The Bertz CT molecular complexity index is 659. The van der Waals surface area contributed by atoms with Crippen molar-refractivity contribution in [2.75, 3.05) is 6.61 Å². The minimum atomic E-state index is -0.929. The fraction of sp³-hybridized carbons (Fsp3) is 0.188. The summed E-state index contributed by atoms with van der Waals surface area (Å²) in [6.45, 7) is -0.0346. The molecule has 0 amide bonds. The van der Waals surface area contributed by atoms with Crippen molar-refractivity contribution in [1.29, 1.82) is 0 Å². The molecule has 1 aliphatic rings. The number of fused-ring (bicyclic) bond motifs is 3. The van der Waals surface area contributed by atoms with Gasteiger partial charge in [0, 0.05) is 6.61 Å². The van der Waals surface area contributed by atoms with E-state index in [2.05, 4.69) is 12.1 Å². The summed E-state index contributed by atoms with van der Waals surface area (Å²) in [5.74, 6) is -0.929. The van der Waals surface area contributed by atoms with Crippen LogP contribution < -0.4 is 0 Å². The summed E-state index contributed by atoms with van der Waals surface area (Å²) in [4.78, 5) is 11.3. The number of aromatic carboxylic acids is 1. The van der Waals surface area contributed by atoms with E-state index in [4.69, 9.17) is 0 Å². The number of hydrogen-bond donors (Lipinski definition) is 2. The lowest BCUT2D eigenvalue weighted by Crippen LogP contribution is -2.07. The summed E-state index contributed by atoms with van der Waals surface area (Å²) < 4.78 is 0. The monoisotopic (exact) mass is 254 g/mol. The van der Waals surface area contributed by atoms with Crippen LogP contribution in [0.25, 0.3) is 11.1 Å². The highest BCUT2D eigenvalue weighted by Crippen LogP contribution is 2.39. The highest BCUT2D eigenvalue weighted by atomic mass is 16.4. The van der Waals surface area contributed by atoms with Crippen LogP contribution in [-0.2, 0) is 12.8 Å². The average Bonchev–Trinajstić information content (AvgIpc) is 2.78. The van der Waals surface area contributed by atoms with Crippen molar-refractivity contribution in [3.05, 3.63) is 58.7 Å². The van der Waals surface area contributed by atoms with E-state index in [0.29, 0.717) is 12.0 Å². The van der Waals surface area contributed by atoms with Gasteiger partial charge in [-0.15, -0.1) is 0 Å². The van der Waals surface area contributed by atoms with Gasteiger partial charge in [-0.25, -0.2) is 4.79 Å². The zero-order valence-electron chi connectivity index (χ0n) is 10.4. The predicted molar refractivity (Wildman–Crippen MR) is 72.4 cm³/mol. The number of carbonyl (C=O) groups is 1. The van der Waals surface area contributed by atoms with Crippen molar-refractivity contribution in [3.63, 3.8) is 0 Å². The number of benzene rings is 2. The number of rotatable bonds is 3. The molecule has 0 heterocycles. The Kier molecular flexibility index (Phi) is 2.84. The SMILES string of the molecule is O=C(O)c1ccc2c(c1CCO)Cc1ccccc1-2. The van der Waals surface area contributed by atoms with Crippen LogP contribution in [-0.4, -0.2) is 22.8 Å². The summed E-state index contributed by atoms with van der Waals surface area (Å²) in [5.41, 5.74) is 5.62. The number of aliphatic hydroxyl groups excluding tert-OH is 1. The van der Waals surface area contributed by atoms with Crippen molar-refractivity contribution in [1.82, 2.24) is 0 Å². The van der Waals surface area contributed by atoms with E-state index in [1.165, 1.54) is 11.1 Å². The summed E-state index contributed by atoms with van der Waals surface area (Å²) in [6, 6.07) is 11.6. The van der Waals surface area contributed by atoms with Gasteiger partial charge in [-0.05, 0) is 46.7 Å². The molecular weight excluding hydrogens is 240 g/mol. The predicted octanol–water partition coefficient (Wildman–Crippen LogP) is 2.49. The minimum Gasteiger partial charge on any atom is -0.478 e. The van der Waals surface area contributed by atoms with Gasteiger partial charge in [-0.2, -0.15) is 0 Å². The van der Waals surface area contributed by atoms with Gasteiger partial charge >= 0.3 is 5.97 Å². The van der Waals surface area contributed by atoms with E-state index in [9.17, 15) is 15.0 Å². The molecule has 3 heteroatoms. The maximum absolute atomic E-state index is 11.3. The Balaban J connectivity index is 2.22. The first-order valence-corrected chi connectivity index (χ1v) is 6.29. The number of carboxylic acid groups (broad SMARTS) is 1. The smallest absolute Gasteiger partial charge is 0.335 e. The Morgan fingerprint density at radius 2 is 1.89 bits per heavy atom. The van der Waals surface area contributed by atoms with Crippen LogP contribution in [0.4, 0.5) is 0 Å². The minimum absolute atomic E-state index is 0.0346. The van der Waals surface area contributed by atoms with E-state index >= 15 is 0 Å². The van der Waals surface area contributed by atoms with E-state index in [-0.39, 0.29) is 6.61 Å². The molecule has 3 rings (SSSR count). The molecule has 0 atom stereocenters. The van der Waals surface area contributed by atoms with E-state index in [0.717, 1.165) is 23.1 Å². The molecule has 0 fully saturated rings. The third kappa shape index (κ3) is 1.83.